The monoisotopic (exact) mass is 318 g/mol. The molecular formula is C17H22N2O4. The molecule has 1 aromatic rings. The van der Waals surface area contributed by atoms with Crippen LogP contribution in [0.4, 0.5) is 5.69 Å². The minimum atomic E-state index is -0.192. The third-order valence-electron chi connectivity index (χ3n) is 4.46. The largest absolute Gasteiger partial charge is 0.484 e. The van der Waals surface area contributed by atoms with Crippen LogP contribution < -0.4 is 14.8 Å². The van der Waals surface area contributed by atoms with Crippen LogP contribution in [0.2, 0.25) is 0 Å². The first kappa shape index (κ1) is 15.6. The van der Waals surface area contributed by atoms with Crippen LogP contribution in [0.25, 0.3) is 0 Å². The molecule has 0 saturated heterocycles. The number of amides is 2. The standard InChI is InChI=1S/C17H22N2O4/c1-19(12-5-3-2-4-6-12)17(21)11-22-13-7-8-15-14(9-13)18-16(20)10-23-15/h7-9,12H,2-6,10-11H2,1H3,(H,18,20). The second-order valence-electron chi connectivity index (χ2n) is 6.08. The smallest absolute Gasteiger partial charge is 0.262 e. The highest BCUT2D eigenvalue weighted by atomic mass is 16.5. The maximum atomic E-state index is 12.3. The topological polar surface area (TPSA) is 67.9 Å². The number of hydrogen-bond acceptors (Lipinski definition) is 4. The summed E-state index contributed by atoms with van der Waals surface area (Å²) in [5.41, 5.74) is 0.576. The maximum Gasteiger partial charge on any atom is 0.262 e. The molecule has 1 saturated carbocycles. The highest BCUT2D eigenvalue weighted by Gasteiger charge is 2.22. The van der Waals surface area contributed by atoms with E-state index < -0.39 is 0 Å². The van der Waals surface area contributed by atoms with Gasteiger partial charge in [0, 0.05) is 19.2 Å². The average Bonchev–Trinajstić information content (AvgIpc) is 2.59. The molecule has 124 valence electrons. The van der Waals surface area contributed by atoms with E-state index in [2.05, 4.69) is 5.32 Å². The molecule has 1 heterocycles. The molecule has 23 heavy (non-hydrogen) atoms. The van der Waals surface area contributed by atoms with Gasteiger partial charge in [0.05, 0.1) is 5.69 Å². The zero-order valence-corrected chi connectivity index (χ0v) is 13.3. The summed E-state index contributed by atoms with van der Waals surface area (Å²) < 4.78 is 10.9. The Kier molecular flexibility index (Phi) is 4.69. The zero-order valence-electron chi connectivity index (χ0n) is 13.3. The molecule has 0 unspecified atom stereocenters. The molecule has 1 aliphatic carbocycles. The highest BCUT2D eigenvalue weighted by Crippen LogP contribution is 2.31. The van der Waals surface area contributed by atoms with E-state index in [4.69, 9.17) is 9.47 Å². The summed E-state index contributed by atoms with van der Waals surface area (Å²) in [5, 5.41) is 2.72. The van der Waals surface area contributed by atoms with E-state index >= 15 is 0 Å². The van der Waals surface area contributed by atoms with Crippen molar-refractivity contribution in [1.29, 1.82) is 0 Å². The van der Waals surface area contributed by atoms with Crippen molar-refractivity contribution >= 4 is 17.5 Å². The Morgan fingerprint density at radius 3 is 2.91 bits per heavy atom. The van der Waals surface area contributed by atoms with Crippen molar-refractivity contribution in [2.45, 2.75) is 38.1 Å². The fourth-order valence-electron chi connectivity index (χ4n) is 3.07. The van der Waals surface area contributed by atoms with Gasteiger partial charge in [0.15, 0.2) is 13.2 Å². The Morgan fingerprint density at radius 1 is 1.35 bits per heavy atom. The number of benzene rings is 1. The second-order valence-corrected chi connectivity index (χ2v) is 6.08. The predicted molar refractivity (Wildman–Crippen MR) is 85.7 cm³/mol. The Morgan fingerprint density at radius 2 is 2.13 bits per heavy atom. The van der Waals surface area contributed by atoms with E-state index in [0.29, 0.717) is 23.2 Å². The first-order chi connectivity index (χ1) is 11.1. The SMILES string of the molecule is CN(C(=O)COc1ccc2c(c1)NC(=O)CO2)C1CCCCC1. The van der Waals surface area contributed by atoms with E-state index in [-0.39, 0.29) is 25.0 Å². The predicted octanol–water partition coefficient (Wildman–Crippen LogP) is 2.19. The van der Waals surface area contributed by atoms with Gasteiger partial charge in [0.1, 0.15) is 11.5 Å². The Hall–Kier alpha value is -2.24. The highest BCUT2D eigenvalue weighted by molar-refractivity contribution is 5.95. The lowest BCUT2D eigenvalue weighted by molar-refractivity contribution is -0.134. The number of nitrogens with zero attached hydrogens (tertiary/aromatic N) is 1. The Bertz CT molecular complexity index is 596. The number of anilines is 1. The molecule has 2 aliphatic rings. The summed E-state index contributed by atoms with van der Waals surface area (Å²) in [6.07, 6.45) is 5.79. The molecule has 0 bridgehead atoms. The zero-order chi connectivity index (χ0) is 16.2. The maximum absolute atomic E-state index is 12.3. The van der Waals surface area contributed by atoms with Crippen LogP contribution in [0, 0.1) is 0 Å². The van der Waals surface area contributed by atoms with Crippen LogP contribution >= 0.6 is 0 Å². The van der Waals surface area contributed by atoms with Crippen molar-refractivity contribution in [3.63, 3.8) is 0 Å². The van der Waals surface area contributed by atoms with E-state index in [1.54, 1.807) is 18.2 Å². The molecule has 0 radical (unpaired) electrons. The van der Waals surface area contributed by atoms with Crippen LogP contribution in [0.1, 0.15) is 32.1 Å². The van der Waals surface area contributed by atoms with Gasteiger partial charge < -0.3 is 19.7 Å². The van der Waals surface area contributed by atoms with Gasteiger partial charge in [-0.15, -0.1) is 0 Å². The van der Waals surface area contributed by atoms with Gasteiger partial charge in [-0.1, -0.05) is 19.3 Å². The molecule has 3 rings (SSSR count). The third kappa shape index (κ3) is 3.75. The molecule has 6 nitrogen and oxygen atoms in total. The van der Waals surface area contributed by atoms with Gasteiger partial charge >= 0.3 is 0 Å². The number of likely N-dealkylation sites (N-methyl/N-ethyl adjacent to an activating group) is 1. The number of fused-ring (bicyclic) bond motifs is 1. The number of nitrogens with one attached hydrogen (secondary N) is 1. The summed E-state index contributed by atoms with van der Waals surface area (Å²) in [7, 11) is 1.85. The minimum absolute atomic E-state index is 0.000586. The van der Waals surface area contributed by atoms with E-state index in [0.717, 1.165) is 12.8 Å². The normalized spacial score (nSPS) is 17.7. The quantitative estimate of drug-likeness (QED) is 0.924. The van der Waals surface area contributed by atoms with Crippen LogP contribution in [0.3, 0.4) is 0 Å². The van der Waals surface area contributed by atoms with Gasteiger partial charge in [-0.05, 0) is 25.0 Å². The minimum Gasteiger partial charge on any atom is -0.484 e. The number of hydrogen-bond donors (Lipinski definition) is 1. The van der Waals surface area contributed by atoms with Crippen LogP contribution in [0.15, 0.2) is 18.2 Å². The molecule has 0 atom stereocenters. The fourth-order valence-corrected chi connectivity index (χ4v) is 3.07. The number of rotatable bonds is 4. The van der Waals surface area contributed by atoms with Crippen molar-refractivity contribution in [2.24, 2.45) is 0 Å². The third-order valence-corrected chi connectivity index (χ3v) is 4.46. The summed E-state index contributed by atoms with van der Waals surface area (Å²) in [4.78, 5) is 25.4. The van der Waals surface area contributed by atoms with Crippen LogP contribution in [-0.2, 0) is 9.59 Å². The number of ether oxygens (including phenoxy) is 2. The first-order valence-electron chi connectivity index (χ1n) is 8.08. The molecular weight excluding hydrogens is 296 g/mol. The van der Waals surface area contributed by atoms with E-state index in [1.807, 2.05) is 11.9 Å². The lowest BCUT2D eigenvalue weighted by Crippen LogP contribution is -2.40. The van der Waals surface area contributed by atoms with Crippen LogP contribution in [0.5, 0.6) is 11.5 Å². The summed E-state index contributed by atoms with van der Waals surface area (Å²) in [5.74, 6) is 0.945. The molecule has 0 aromatic heterocycles. The lowest BCUT2D eigenvalue weighted by atomic mass is 9.94. The van der Waals surface area contributed by atoms with Crippen molar-refractivity contribution in [1.82, 2.24) is 4.90 Å². The Labute approximate surface area is 135 Å². The van der Waals surface area contributed by atoms with E-state index in [9.17, 15) is 9.59 Å². The summed E-state index contributed by atoms with van der Waals surface area (Å²) >= 11 is 0. The number of carbonyl (C=O) groups excluding carboxylic acids is 2. The molecule has 1 aromatic carbocycles. The van der Waals surface area contributed by atoms with Gasteiger partial charge in [-0.25, -0.2) is 0 Å². The Balaban J connectivity index is 1.56. The van der Waals surface area contributed by atoms with E-state index in [1.165, 1.54) is 19.3 Å². The van der Waals surface area contributed by atoms with Gasteiger partial charge in [-0.2, -0.15) is 0 Å². The molecule has 1 N–H and O–H groups in total. The van der Waals surface area contributed by atoms with Crippen molar-refractivity contribution in [3.05, 3.63) is 18.2 Å². The second kappa shape index (κ2) is 6.89. The van der Waals surface area contributed by atoms with Crippen molar-refractivity contribution in [2.75, 3.05) is 25.6 Å². The molecule has 1 aliphatic heterocycles. The average molecular weight is 318 g/mol. The van der Waals surface area contributed by atoms with Crippen molar-refractivity contribution < 1.29 is 19.1 Å². The first-order valence-corrected chi connectivity index (χ1v) is 8.08. The van der Waals surface area contributed by atoms with Crippen molar-refractivity contribution in [3.8, 4) is 11.5 Å². The number of carbonyl (C=O) groups is 2. The molecule has 0 spiro atoms. The lowest BCUT2D eigenvalue weighted by Gasteiger charge is -2.31. The summed E-state index contributed by atoms with van der Waals surface area (Å²) in [6.45, 7) is 0.0263. The fraction of sp³-hybridized carbons (Fsp3) is 0.529. The summed E-state index contributed by atoms with van der Waals surface area (Å²) in [6, 6.07) is 5.49. The van der Waals surface area contributed by atoms with Gasteiger partial charge in [-0.3, -0.25) is 9.59 Å². The van der Waals surface area contributed by atoms with Crippen LogP contribution in [-0.4, -0.2) is 43.0 Å². The van der Waals surface area contributed by atoms with Gasteiger partial charge in [0.25, 0.3) is 11.8 Å². The molecule has 6 heteroatoms. The van der Waals surface area contributed by atoms with Gasteiger partial charge in [0.2, 0.25) is 0 Å². The molecule has 1 fully saturated rings. The molecule has 2 amide bonds.